The van der Waals surface area contributed by atoms with Gasteiger partial charge >= 0.3 is 0 Å². The quantitative estimate of drug-likeness (QED) is 0.338. The number of amides is 2. The van der Waals surface area contributed by atoms with E-state index in [2.05, 4.69) is 0 Å². The standard InChI is InChI=1S/C30H27ClFN3O2/c1-21-27(30(37)34-16-14-33(15-17-34)29(36)18-22-6-3-2-4-7-22)20-28(23-10-12-24(31)13-11-23)35(21)26-9-5-8-25(32)19-26/h2-13,19-20H,14-18H2,1H3. The Morgan fingerprint density at radius 1 is 0.838 bits per heavy atom. The first-order valence-corrected chi connectivity index (χ1v) is 12.6. The van der Waals surface area contributed by atoms with Gasteiger partial charge in [0.1, 0.15) is 5.82 Å². The molecule has 0 aliphatic carbocycles. The van der Waals surface area contributed by atoms with Crippen molar-refractivity contribution in [1.29, 1.82) is 0 Å². The van der Waals surface area contributed by atoms with Crippen LogP contribution in [-0.2, 0) is 11.2 Å². The lowest BCUT2D eigenvalue weighted by atomic mass is 10.1. The van der Waals surface area contributed by atoms with Crippen molar-refractivity contribution in [3.05, 3.63) is 113 Å². The lowest BCUT2D eigenvalue weighted by molar-refractivity contribution is -0.131. The summed E-state index contributed by atoms with van der Waals surface area (Å²) in [6, 6.07) is 25.2. The van der Waals surface area contributed by atoms with Crippen LogP contribution in [0.15, 0.2) is 84.9 Å². The maximum atomic E-state index is 14.1. The predicted molar refractivity (Wildman–Crippen MR) is 144 cm³/mol. The number of piperazine rings is 1. The summed E-state index contributed by atoms with van der Waals surface area (Å²) < 4.78 is 16.0. The number of carbonyl (C=O) groups is 2. The number of nitrogens with zero attached hydrogens (tertiary/aromatic N) is 3. The Labute approximate surface area is 220 Å². The third-order valence-electron chi connectivity index (χ3n) is 6.80. The van der Waals surface area contributed by atoms with Crippen molar-refractivity contribution in [2.24, 2.45) is 0 Å². The molecule has 5 rings (SSSR count). The van der Waals surface area contributed by atoms with Crippen LogP contribution in [-0.4, -0.2) is 52.4 Å². The Bertz CT molecular complexity index is 1430. The van der Waals surface area contributed by atoms with Crippen molar-refractivity contribution < 1.29 is 14.0 Å². The molecule has 1 saturated heterocycles. The Balaban J connectivity index is 1.38. The van der Waals surface area contributed by atoms with E-state index in [1.807, 2.05) is 71.0 Å². The van der Waals surface area contributed by atoms with Gasteiger partial charge in [-0.25, -0.2) is 4.39 Å². The summed E-state index contributed by atoms with van der Waals surface area (Å²) in [4.78, 5) is 30.0. The molecule has 1 fully saturated rings. The van der Waals surface area contributed by atoms with E-state index >= 15 is 0 Å². The smallest absolute Gasteiger partial charge is 0.255 e. The summed E-state index contributed by atoms with van der Waals surface area (Å²) in [5.41, 5.74) is 4.54. The fraction of sp³-hybridized carbons (Fsp3) is 0.200. The Morgan fingerprint density at radius 2 is 1.51 bits per heavy atom. The van der Waals surface area contributed by atoms with E-state index in [-0.39, 0.29) is 17.6 Å². The van der Waals surface area contributed by atoms with Gasteiger partial charge in [0.15, 0.2) is 0 Å². The molecular weight excluding hydrogens is 489 g/mol. The summed E-state index contributed by atoms with van der Waals surface area (Å²) in [5, 5.41) is 0.611. The minimum atomic E-state index is -0.350. The van der Waals surface area contributed by atoms with Gasteiger partial charge in [-0.05, 0) is 54.4 Å². The highest BCUT2D eigenvalue weighted by molar-refractivity contribution is 6.30. The van der Waals surface area contributed by atoms with Crippen LogP contribution in [0.3, 0.4) is 0 Å². The third kappa shape index (κ3) is 5.30. The number of halogens is 2. The number of carbonyl (C=O) groups excluding carboxylic acids is 2. The lowest BCUT2D eigenvalue weighted by Crippen LogP contribution is -2.51. The SMILES string of the molecule is Cc1c(C(=O)N2CCN(C(=O)Cc3ccccc3)CC2)cc(-c2ccc(Cl)cc2)n1-c1cccc(F)c1. The molecule has 0 radical (unpaired) electrons. The van der Waals surface area contributed by atoms with E-state index in [9.17, 15) is 14.0 Å². The van der Waals surface area contributed by atoms with Crippen LogP contribution < -0.4 is 0 Å². The first-order chi connectivity index (χ1) is 17.9. The number of benzene rings is 3. The van der Waals surface area contributed by atoms with E-state index in [1.54, 1.807) is 23.1 Å². The molecule has 1 aliphatic heterocycles. The molecule has 5 nitrogen and oxygen atoms in total. The molecular formula is C30H27ClFN3O2. The molecule has 7 heteroatoms. The molecule has 2 heterocycles. The summed E-state index contributed by atoms with van der Waals surface area (Å²) in [5.74, 6) is -0.383. The number of rotatable bonds is 5. The van der Waals surface area contributed by atoms with Gasteiger partial charge < -0.3 is 14.4 Å². The van der Waals surface area contributed by atoms with Crippen molar-refractivity contribution in [2.75, 3.05) is 26.2 Å². The normalized spacial score (nSPS) is 13.6. The molecule has 1 aliphatic rings. The molecule has 2 amide bonds. The van der Waals surface area contributed by atoms with Gasteiger partial charge in [-0.2, -0.15) is 0 Å². The zero-order valence-electron chi connectivity index (χ0n) is 20.5. The van der Waals surface area contributed by atoms with Crippen LogP contribution in [0.4, 0.5) is 4.39 Å². The van der Waals surface area contributed by atoms with Crippen molar-refractivity contribution in [2.45, 2.75) is 13.3 Å². The van der Waals surface area contributed by atoms with Gasteiger partial charge in [0.05, 0.1) is 17.7 Å². The fourth-order valence-corrected chi connectivity index (χ4v) is 4.94. The maximum Gasteiger partial charge on any atom is 0.255 e. The molecule has 4 aromatic rings. The summed E-state index contributed by atoms with van der Waals surface area (Å²) >= 11 is 6.10. The first kappa shape index (κ1) is 24.8. The molecule has 0 atom stereocenters. The average Bonchev–Trinajstić information content (AvgIpc) is 3.26. The monoisotopic (exact) mass is 515 g/mol. The highest BCUT2D eigenvalue weighted by Gasteiger charge is 2.28. The van der Waals surface area contributed by atoms with Crippen LogP contribution in [0, 0.1) is 12.7 Å². The maximum absolute atomic E-state index is 14.1. The van der Waals surface area contributed by atoms with Gasteiger partial charge in [-0.15, -0.1) is 0 Å². The van der Waals surface area contributed by atoms with Crippen molar-refractivity contribution in [3.8, 4) is 16.9 Å². The topological polar surface area (TPSA) is 45.6 Å². The van der Waals surface area contributed by atoms with Gasteiger partial charge in [-0.3, -0.25) is 9.59 Å². The third-order valence-corrected chi connectivity index (χ3v) is 7.05. The molecule has 0 bridgehead atoms. The average molecular weight is 516 g/mol. The van der Waals surface area contributed by atoms with Gasteiger partial charge in [-0.1, -0.05) is 60.1 Å². The molecule has 37 heavy (non-hydrogen) atoms. The molecule has 0 N–H and O–H groups in total. The Morgan fingerprint density at radius 3 is 2.19 bits per heavy atom. The van der Waals surface area contributed by atoms with Gasteiger partial charge in [0.25, 0.3) is 5.91 Å². The van der Waals surface area contributed by atoms with Crippen LogP contribution in [0.5, 0.6) is 0 Å². The van der Waals surface area contributed by atoms with Crippen molar-refractivity contribution in [3.63, 3.8) is 0 Å². The second kappa shape index (κ2) is 10.6. The van der Waals surface area contributed by atoms with Gasteiger partial charge in [0, 0.05) is 42.6 Å². The summed E-state index contributed by atoms with van der Waals surface area (Å²) in [7, 11) is 0. The van der Waals surface area contributed by atoms with E-state index in [4.69, 9.17) is 11.6 Å². The fourth-order valence-electron chi connectivity index (χ4n) is 4.82. The molecule has 0 saturated carbocycles. The molecule has 188 valence electrons. The van der Waals surface area contributed by atoms with Crippen LogP contribution >= 0.6 is 11.6 Å². The first-order valence-electron chi connectivity index (χ1n) is 12.3. The van der Waals surface area contributed by atoms with Crippen molar-refractivity contribution in [1.82, 2.24) is 14.4 Å². The Hall–Kier alpha value is -3.90. The minimum Gasteiger partial charge on any atom is -0.339 e. The molecule has 0 unspecified atom stereocenters. The largest absolute Gasteiger partial charge is 0.339 e. The number of hydrogen-bond donors (Lipinski definition) is 0. The van der Waals surface area contributed by atoms with E-state index < -0.39 is 0 Å². The van der Waals surface area contributed by atoms with Gasteiger partial charge in [0.2, 0.25) is 5.91 Å². The molecule has 1 aromatic heterocycles. The predicted octanol–water partition coefficient (Wildman–Crippen LogP) is 5.77. The second-order valence-electron chi connectivity index (χ2n) is 9.19. The van der Waals surface area contributed by atoms with Crippen molar-refractivity contribution >= 4 is 23.4 Å². The van der Waals surface area contributed by atoms with E-state index in [1.165, 1.54) is 12.1 Å². The summed E-state index contributed by atoms with van der Waals surface area (Å²) in [6.07, 6.45) is 0.356. The zero-order valence-corrected chi connectivity index (χ0v) is 21.3. The summed E-state index contributed by atoms with van der Waals surface area (Å²) in [6.45, 7) is 3.77. The highest BCUT2D eigenvalue weighted by atomic mass is 35.5. The number of hydrogen-bond acceptors (Lipinski definition) is 2. The van der Waals surface area contributed by atoms with Crippen LogP contribution in [0.1, 0.15) is 21.6 Å². The molecule has 0 spiro atoms. The minimum absolute atomic E-state index is 0.0664. The molecule has 3 aromatic carbocycles. The van der Waals surface area contributed by atoms with E-state index in [0.29, 0.717) is 48.9 Å². The van der Waals surface area contributed by atoms with Crippen LogP contribution in [0.25, 0.3) is 16.9 Å². The second-order valence-corrected chi connectivity index (χ2v) is 9.62. The number of aromatic nitrogens is 1. The Kier molecular flexibility index (Phi) is 7.10. The zero-order chi connectivity index (χ0) is 25.9. The lowest BCUT2D eigenvalue weighted by Gasteiger charge is -2.35. The van der Waals surface area contributed by atoms with E-state index in [0.717, 1.165) is 22.5 Å². The highest BCUT2D eigenvalue weighted by Crippen LogP contribution is 2.31. The van der Waals surface area contributed by atoms with Crippen LogP contribution in [0.2, 0.25) is 5.02 Å².